The maximum Gasteiger partial charge on any atom is 0.161 e. The highest BCUT2D eigenvalue weighted by Gasteiger charge is 2.05. The van der Waals surface area contributed by atoms with E-state index < -0.39 is 0 Å². The number of ether oxygens (including phenoxy) is 1. The van der Waals surface area contributed by atoms with Gasteiger partial charge in [-0.15, -0.1) is 0 Å². The molecule has 0 aliphatic rings. The van der Waals surface area contributed by atoms with Gasteiger partial charge in [-0.2, -0.15) is 0 Å². The van der Waals surface area contributed by atoms with Gasteiger partial charge in [-0.25, -0.2) is 9.97 Å². The number of aromatic nitrogens is 2. The van der Waals surface area contributed by atoms with Crippen LogP contribution in [-0.4, -0.2) is 17.1 Å². The van der Waals surface area contributed by atoms with Crippen LogP contribution in [0.15, 0.2) is 30.3 Å². The predicted octanol–water partition coefficient (Wildman–Crippen LogP) is 3.76. The molecule has 4 heteroatoms. The molecule has 94 valence electrons. The molecule has 18 heavy (non-hydrogen) atoms. The van der Waals surface area contributed by atoms with Crippen molar-refractivity contribution >= 4 is 11.6 Å². The Hall–Kier alpha value is -1.61. The van der Waals surface area contributed by atoms with Gasteiger partial charge in [-0.1, -0.05) is 24.9 Å². The molecule has 0 N–H and O–H groups in total. The average molecular weight is 263 g/mol. The van der Waals surface area contributed by atoms with Gasteiger partial charge in [0.2, 0.25) is 0 Å². The largest absolute Gasteiger partial charge is 0.497 e. The van der Waals surface area contributed by atoms with Crippen LogP contribution in [0.25, 0.3) is 11.4 Å². The summed E-state index contributed by atoms with van der Waals surface area (Å²) in [4.78, 5) is 8.77. The maximum atomic E-state index is 6.02. The molecule has 2 rings (SSSR count). The van der Waals surface area contributed by atoms with E-state index in [1.165, 1.54) is 0 Å². The number of hydrogen-bond donors (Lipinski definition) is 0. The summed E-state index contributed by atoms with van der Waals surface area (Å²) >= 11 is 6.02. The maximum absolute atomic E-state index is 6.02. The third-order valence-corrected chi connectivity index (χ3v) is 2.80. The summed E-state index contributed by atoms with van der Waals surface area (Å²) in [7, 11) is 1.64. The van der Waals surface area contributed by atoms with Crippen molar-refractivity contribution in [1.82, 2.24) is 9.97 Å². The molecule has 0 spiro atoms. The minimum atomic E-state index is 0.485. The Morgan fingerprint density at radius 1 is 1.17 bits per heavy atom. The molecule has 0 bridgehead atoms. The van der Waals surface area contributed by atoms with Crippen LogP contribution >= 0.6 is 11.6 Å². The molecule has 0 unspecified atom stereocenters. The van der Waals surface area contributed by atoms with Gasteiger partial charge < -0.3 is 4.74 Å². The van der Waals surface area contributed by atoms with Gasteiger partial charge in [0, 0.05) is 11.3 Å². The second-order valence-electron chi connectivity index (χ2n) is 3.98. The van der Waals surface area contributed by atoms with E-state index >= 15 is 0 Å². The first kappa shape index (κ1) is 12.8. The third kappa shape index (κ3) is 2.99. The van der Waals surface area contributed by atoms with E-state index in [0.717, 1.165) is 29.8 Å². The summed E-state index contributed by atoms with van der Waals surface area (Å²) < 4.78 is 5.12. The molecule has 0 amide bonds. The highest BCUT2D eigenvalue weighted by Crippen LogP contribution is 2.21. The lowest BCUT2D eigenvalue weighted by Gasteiger charge is -2.05. The summed E-state index contributed by atoms with van der Waals surface area (Å²) in [6.45, 7) is 2.11. The van der Waals surface area contributed by atoms with Crippen LogP contribution in [0.2, 0.25) is 5.15 Å². The monoisotopic (exact) mass is 262 g/mol. The Bertz CT molecular complexity index is 526. The Labute approximate surface area is 112 Å². The van der Waals surface area contributed by atoms with Crippen LogP contribution in [-0.2, 0) is 6.42 Å². The minimum absolute atomic E-state index is 0.485. The smallest absolute Gasteiger partial charge is 0.161 e. The number of rotatable bonds is 4. The molecule has 3 nitrogen and oxygen atoms in total. The number of hydrogen-bond acceptors (Lipinski definition) is 3. The quantitative estimate of drug-likeness (QED) is 0.787. The molecule has 0 aliphatic heterocycles. The standard InChI is InChI=1S/C14H15ClN2O/c1-3-4-11-9-13(15)17-14(16-11)10-5-7-12(18-2)8-6-10/h5-9H,3-4H2,1-2H3. The molecule has 0 aliphatic carbocycles. The SMILES string of the molecule is CCCc1cc(Cl)nc(-c2ccc(OC)cc2)n1. The Morgan fingerprint density at radius 3 is 2.50 bits per heavy atom. The second-order valence-corrected chi connectivity index (χ2v) is 4.37. The average Bonchev–Trinajstić information content (AvgIpc) is 2.38. The van der Waals surface area contributed by atoms with Gasteiger partial charge in [0.15, 0.2) is 5.82 Å². The summed E-state index contributed by atoms with van der Waals surface area (Å²) in [5, 5.41) is 0.485. The van der Waals surface area contributed by atoms with Gasteiger partial charge >= 0.3 is 0 Å². The molecule has 0 fully saturated rings. The summed E-state index contributed by atoms with van der Waals surface area (Å²) in [6.07, 6.45) is 1.95. The molecule has 0 atom stereocenters. The number of halogens is 1. The van der Waals surface area contributed by atoms with Crippen molar-refractivity contribution in [3.63, 3.8) is 0 Å². The van der Waals surface area contributed by atoms with Crippen molar-refractivity contribution in [2.24, 2.45) is 0 Å². The van der Waals surface area contributed by atoms with E-state index in [9.17, 15) is 0 Å². The van der Waals surface area contributed by atoms with Crippen LogP contribution in [0.4, 0.5) is 0 Å². The Morgan fingerprint density at radius 2 is 1.89 bits per heavy atom. The molecular weight excluding hydrogens is 248 g/mol. The molecule has 2 aromatic rings. The van der Waals surface area contributed by atoms with E-state index in [-0.39, 0.29) is 0 Å². The number of nitrogens with zero attached hydrogens (tertiary/aromatic N) is 2. The van der Waals surface area contributed by atoms with Crippen molar-refractivity contribution in [2.45, 2.75) is 19.8 Å². The zero-order valence-electron chi connectivity index (χ0n) is 10.5. The normalized spacial score (nSPS) is 10.4. The molecule has 1 heterocycles. The fourth-order valence-corrected chi connectivity index (χ4v) is 1.92. The van der Waals surface area contributed by atoms with Gasteiger partial charge in [0.05, 0.1) is 7.11 Å². The first-order valence-electron chi connectivity index (χ1n) is 5.91. The Balaban J connectivity index is 2.36. The minimum Gasteiger partial charge on any atom is -0.497 e. The van der Waals surface area contributed by atoms with Gasteiger partial charge in [0.1, 0.15) is 10.9 Å². The fraction of sp³-hybridized carbons (Fsp3) is 0.286. The summed E-state index contributed by atoms with van der Waals surface area (Å²) in [6, 6.07) is 9.46. The van der Waals surface area contributed by atoms with Gasteiger partial charge in [-0.05, 0) is 36.8 Å². The van der Waals surface area contributed by atoms with E-state index in [4.69, 9.17) is 16.3 Å². The van der Waals surface area contributed by atoms with Crippen LogP contribution < -0.4 is 4.74 Å². The summed E-state index contributed by atoms with van der Waals surface area (Å²) in [5.41, 5.74) is 1.92. The van der Waals surface area contributed by atoms with Crippen LogP contribution in [0.1, 0.15) is 19.0 Å². The number of methoxy groups -OCH3 is 1. The number of aryl methyl sites for hydroxylation is 1. The van der Waals surface area contributed by atoms with Crippen LogP contribution in [0, 0.1) is 0 Å². The third-order valence-electron chi connectivity index (χ3n) is 2.60. The second kappa shape index (κ2) is 5.83. The molecule has 0 radical (unpaired) electrons. The van der Waals surface area contributed by atoms with Gasteiger partial charge in [0.25, 0.3) is 0 Å². The Kier molecular flexibility index (Phi) is 4.15. The molecule has 1 aromatic heterocycles. The lowest BCUT2D eigenvalue weighted by atomic mass is 10.2. The number of benzene rings is 1. The van der Waals surface area contributed by atoms with Crippen molar-refractivity contribution in [2.75, 3.05) is 7.11 Å². The molecular formula is C14H15ClN2O. The van der Waals surface area contributed by atoms with Crippen molar-refractivity contribution < 1.29 is 4.74 Å². The first-order chi connectivity index (χ1) is 8.72. The topological polar surface area (TPSA) is 35.0 Å². The van der Waals surface area contributed by atoms with E-state index in [1.807, 2.05) is 30.3 Å². The highest BCUT2D eigenvalue weighted by atomic mass is 35.5. The van der Waals surface area contributed by atoms with Crippen molar-refractivity contribution in [1.29, 1.82) is 0 Å². The lowest BCUT2D eigenvalue weighted by Crippen LogP contribution is -1.96. The zero-order valence-corrected chi connectivity index (χ0v) is 11.2. The molecule has 0 saturated carbocycles. The van der Waals surface area contributed by atoms with E-state index in [2.05, 4.69) is 16.9 Å². The molecule has 1 aromatic carbocycles. The lowest BCUT2D eigenvalue weighted by molar-refractivity contribution is 0.415. The summed E-state index contributed by atoms with van der Waals surface area (Å²) in [5.74, 6) is 1.48. The predicted molar refractivity (Wildman–Crippen MR) is 73.0 cm³/mol. The van der Waals surface area contributed by atoms with Gasteiger partial charge in [-0.3, -0.25) is 0 Å². The van der Waals surface area contributed by atoms with Crippen molar-refractivity contribution in [3.05, 3.63) is 41.2 Å². The van der Waals surface area contributed by atoms with Crippen LogP contribution in [0.5, 0.6) is 5.75 Å². The zero-order chi connectivity index (χ0) is 13.0. The molecule has 0 saturated heterocycles. The first-order valence-corrected chi connectivity index (χ1v) is 6.28. The van der Waals surface area contributed by atoms with E-state index in [0.29, 0.717) is 11.0 Å². The van der Waals surface area contributed by atoms with Crippen LogP contribution in [0.3, 0.4) is 0 Å². The van der Waals surface area contributed by atoms with E-state index in [1.54, 1.807) is 7.11 Å². The fourth-order valence-electron chi connectivity index (χ4n) is 1.72. The highest BCUT2D eigenvalue weighted by molar-refractivity contribution is 6.29. The van der Waals surface area contributed by atoms with Crippen molar-refractivity contribution in [3.8, 4) is 17.1 Å².